The second-order valence-corrected chi connectivity index (χ2v) is 6.46. The van der Waals surface area contributed by atoms with Gasteiger partial charge in [-0.05, 0) is 33.1 Å². The van der Waals surface area contributed by atoms with Gasteiger partial charge in [-0.2, -0.15) is 0 Å². The number of rotatable bonds is 4. The van der Waals surface area contributed by atoms with Crippen molar-refractivity contribution in [1.29, 1.82) is 0 Å². The number of carboxylic acid groups (broad SMARTS) is 1. The van der Waals surface area contributed by atoms with E-state index in [1.54, 1.807) is 4.90 Å². The van der Waals surface area contributed by atoms with E-state index in [0.717, 1.165) is 12.8 Å². The molecule has 0 spiro atoms. The Kier molecular flexibility index (Phi) is 4.39. The summed E-state index contributed by atoms with van der Waals surface area (Å²) in [6.07, 6.45) is 2.02. The zero-order chi connectivity index (χ0) is 15.6. The van der Waals surface area contributed by atoms with Gasteiger partial charge < -0.3 is 20.6 Å². The van der Waals surface area contributed by atoms with Gasteiger partial charge in [0.2, 0.25) is 5.91 Å². The first-order valence-electron chi connectivity index (χ1n) is 7.38. The third-order valence-corrected chi connectivity index (χ3v) is 4.27. The monoisotopic (exact) mass is 297 g/mol. The first kappa shape index (κ1) is 15.6. The molecule has 7 nitrogen and oxygen atoms in total. The van der Waals surface area contributed by atoms with Gasteiger partial charge >= 0.3 is 12.0 Å². The van der Waals surface area contributed by atoms with Crippen molar-refractivity contribution in [3.63, 3.8) is 0 Å². The summed E-state index contributed by atoms with van der Waals surface area (Å²) in [6.45, 7) is 4.77. The summed E-state index contributed by atoms with van der Waals surface area (Å²) in [4.78, 5) is 36.5. The molecule has 0 aromatic rings. The number of piperidine rings is 1. The van der Waals surface area contributed by atoms with Crippen molar-refractivity contribution in [2.75, 3.05) is 13.1 Å². The zero-order valence-electron chi connectivity index (χ0n) is 12.5. The molecular weight excluding hydrogens is 274 g/mol. The van der Waals surface area contributed by atoms with Crippen LogP contribution in [-0.4, -0.2) is 52.6 Å². The number of hydrogen-bond acceptors (Lipinski definition) is 3. The molecule has 3 amide bonds. The Labute approximate surface area is 124 Å². The third kappa shape index (κ3) is 3.65. The van der Waals surface area contributed by atoms with Crippen molar-refractivity contribution < 1.29 is 19.5 Å². The van der Waals surface area contributed by atoms with Gasteiger partial charge in [-0.3, -0.25) is 9.59 Å². The fraction of sp³-hybridized carbons (Fsp3) is 0.786. The van der Waals surface area contributed by atoms with Crippen LogP contribution in [0.1, 0.15) is 39.5 Å². The maximum atomic E-state index is 12.4. The molecule has 2 atom stereocenters. The van der Waals surface area contributed by atoms with Crippen molar-refractivity contribution in [1.82, 2.24) is 15.5 Å². The Bertz CT molecular complexity index is 450. The predicted molar refractivity (Wildman–Crippen MR) is 75.7 cm³/mol. The molecule has 2 heterocycles. The third-order valence-electron chi connectivity index (χ3n) is 4.27. The Balaban J connectivity index is 1.96. The molecule has 2 unspecified atom stereocenters. The molecule has 21 heavy (non-hydrogen) atoms. The van der Waals surface area contributed by atoms with Crippen LogP contribution in [0.4, 0.5) is 4.79 Å². The van der Waals surface area contributed by atoms with Crippen molar-refractivity contribution in [3.05, 3.63) is 0 Å². The number of hydrogen-bond donors (Lipinski definition) is 3. The van der Waals surface area contributed by atoms with E-state index >= 15 is 0 Å². The molecule has 0 radical (unpaired) electrons. The number of carbonyl (C=O) groups is 3. The van der Waals surface area contributed by atoms with Crippen LogP contribution in [0.5, 0.6) is 0 Å². The van der Waals surface area contributed by atoms with Crippen LogP contribution in [0.25, 0.3) is 0 Å². The van der Waals surface area contributed by atoms with Gasteiger partial charge in [-0.1, -0.05) is 0 Å². The van der Waals surface area contributed by atoms with E-state index in [2.05, 4.69) is 10.6 Å². The van der Waals surface area contributed by atoms with Crippen LogP contribution in [0.2, 0.25) is 0 Å². The lowest BCUT2D eigenvalue weighted by molar-refractivity contribution is -0.137. The fourth-order valence-electron chi connectivity index (χ4n) is 3.05. The molecule has 118 valence electrons. The van der Waals surface area contributed by atoms with Crippen LogP contribution < -0.4 is 10.6 Å². The number of fused-ring (bicyclic) bond motifs is 1. The second-order valence-electron chi connectivity index (χ2n) is 6.46. The van der Waals surface area contributed by atoms with Crippen LogP contribution in [0, 0.1) is 5.92 Å². The molecule has 2 fully saturated rings. The van der Waals surface area contributed by atoms with Crippen LogP contribution >= 0.6 is 0 Å². The minimum absolute atomic E-state index is 0.0133. The Morgan fingerprint density at radius 3 is 2.86 bits per heavy atom. The van der Waals surface area contributed by atoms with Gasteiger partial charge in [0.15, 0.2) is 0 Å². The van der Waals surface area contributed by atoms with Crippen molar-refractivity contribution in [2.45, 2.75) is 51.1 Å². The predicted octanol–water partition coefficient (Wildman–Crippen LogP) is 0.550. The molecular formula is C14H23N3O4. The summed E-state index contributed by atoms with van der Waals surface area (Å²) in [5.74, 6) is -0.949. The average molecular weight is 297 g/mol. The first-order valence-corrected chi connectivity index (χ1v) is 7.38. The molecule has 0 aromatic heterocycles. The lowest BCUT2D eigenvalue weighted by Crippen LogP contribution is -2.56. The number of carbonyl (C=O) groups excluding carboxylic acids is 2. The summed E-state index contributed by atoms with van der Waals surface area (Å²) < 4.78 is 0. The molecule has 7 heteroatoms. The quantitative estimate of drug-likeness (QED) is 0.705. The van der Waals surface area contributed by atoms with E-state index < -0.39 is 11.5 Å². The Hall–Kier alpha value is -1.79. The highest BCUT2D eigenvalue weighted by atomic mass is 16.4. The second kappa shape index (κ2) is 5.91. The number of nitrogens with one attached hydrogen (secondary N) is 2. The molecule has 2 saturated heterocycles. The molecule has 0 bridgehead atoms. The molecule has 2 rings (SSSR count). The standard InChI is InChI=1S/C14H23N3O4/c1-14(2,6-5-11(18)19)16-13(21)17-7-3-4-9-10(17)8-15-12(9)20/h9-10H,3-8H2,1-2H3,(H,15,20)(H,16,21)(H,18,19). The van der Waals surface area contributed by atoms with Gasteiger partial charge in [-0.15, -0.1) is 0 Å². The van der Waals surface area contributed by atoms with Crippen LogP contribution in [0.3, 0.4) is 0 Å². The topological polar surface area (TPSA) is 98.7 Å². The number of carboxylic acids is 1. The van der Waals surface area contributed by atoms with Crippen molar-refractivity contribution in [3.8, 4) is 0 Å². The maximum Gasteiger partial charge on any atom is 0.318 e. The summed E-state index contributed by atoms with van der Waals surface area (Å²) in [7, 11) is 0. The van der Waals surface area contributed by atoms with Crippen LogP contribution in [-0.2, 0) is 9.59 Å². The zero-order valence-corrected chi connectivity index (χ0v) is 12.5. The number of amides is 3. The summed E-state index contributed by atoms with van der Waals surface area (Å²) >= 11 is 0. The van der Waals surface area contributed by atoms with Gasteiger partial charge in [-0.25, -0.2) is 4.79 Å². The van der Waals surface area contributed by atoms with E-state index in [1.165, 1.54) is 0 Å². The summed E-state index contributed by atoms with van der Waals surface area (Å²) in [6, 6.07) is -0.293. The molecule has 3 N–H and O–H groups in total. The minimum Gasteiger partial charge on any atom is -0.481 e. The SMILES string of the molecule is CC(C)(CCC(=O)O)NC(=O)N1CCCC2C(=O)NCC21. The number of likely N-dealkylation sites (tertiary alicyclic amines) is 1. The maximum absolute atomic E-state index is 12.4. The number of nitrogens with zero attached hydrogens (tertiary/aromatic N) is 1. The molecule has 0 aromatic carbocycles. The van der Waals surface area contributed by atoms with E-state index in [-0.39, 0.29) is 30.3 Å². The molecule has 0 aliphatic carbocycles. The average Bonchev–Trinajstić information content (AvgIpc) is 2.78. The molecule has 2 aliphatic rings. The van der Waals surface area contributed by atoms with Gasteiger partial charge in [0.05, 0.1) is 12.0 Å². The van der Waals surface area contributed by atoms with E-state index in [9.17, 15) is 14.4 Å². The summed E-state index contributed by atoms with van der Waals surface area (Å²) in [5.41, 5.74) is -0.585. The smallest absolute Gasteiger partial charge is 0.318 e. The fourth-order valence-corrected chi connectivity index (χ4v) is 3.05. The Morgan fingerprint density at radius 2 is 2.19 bits per heavy atom. The molecule has 2 aliphatic heterocycles. The van der Waals surface area contributed by atoms with Gasteiger partial charge in [0.1, 0.15) is 0 Å². The largest absolute Gasteiger partial charge is 0.481 e. The van der Waals surface area contributed by atoms with E-state index in [0.29, 0.717) is 19.5 Å². The lowest BCUT2D eigenvalue weighted by atomic mass is 9.91. The Morgan fingerprint density at radius 1 is 1.48 bits per heavy atom. The normalized spacial score (nSPS) is 25.2. The summed E-state index contributed by atoms with van der Waals surface area (Å²) in [5, 5.41) is 14.4. The van der Waals surface area contributed by atoms with Gasteiger partial charge in [0.25, 0.3) is 0 Å². The van der Waals surface area contributed by atoms with Crippen molar-refractivity contribution >= 4 is 17.9 Å². The van der Waals surface area contributed by atoms with E-state index in [1.807, 2.05) is 13.8 Å². The van der Waals surface area contributed by atoms with Crippen molar-refractivity contribution in [2.24, 2.45) is 5.92 Å². The van der Waals surface area contributed by atoms with Crippen LogP contribution in [0.15, 0.2) is 0 Å². The minimum atomic E-state index is -0.874. The number of urea groups is 1. The highest BCUT2D eigenvalue weighted by Crippen LogP contribution is 2.27. The van der Waals surface area contributed by atoms with Gasteiger partial charge in [0, 0.05) is 25.0 Å². The molecule has 0 saturated carbocycles. The highest BCUT2D eigenvalue weighted by molar-refractivity contribution is 5.84. The number of aliphatic carboxylic acids is 1. The first-order chi connectivity index (χ1) is 9.80. The van der Waals surface area contributed by atoms with E-state index in [4.69, 9.17) is 5.11 Å². The highest BCUT2D eigenvalue weighted by Gasteiger charge is 2.43. The lowest BCUT2D eigenvalue weighted by Gasteiger charge is -2.38.